The Morgan fingerprint density at radius 1 is 1.00 bits per heavy atom. The molecule has 1 saturated heterocycles. The monoisotopic (exact) mass is 529 g/mol. The number of nitrogens with two attached hydrogens (primary N) is 1. The first-order valence-electron chi connectivity index (χ1n) is 12.7. The van der Waals surface area contributed by atoms with Gasteiger partial charge in [0.2, 0.25) is 5.91 Å². The van der Waals surface area contributed by atoms with Gasteiger partial charge in [-0.1, -0.05) is 36.4 Å². The number of amidine groups is 1. The molecule has 2 aromatic rings. The fourth-order valence-electron chi connectivity index (χ4n) is 4.88. The van der Waals surface area contributed by atoms with E-state index < -0.39 is 0 Å². The molecule has 9 heteroatoms. The lowest BCUT2D eigenvalue weighted by molar-refractivity contribution is -0.154. The van der Waals surface area contributed by atoms with E-state index in [9.17, 15) is 9.59 Å². The first-order valence-corrected chi connectivity index (χ1v) is 12.7. The third-order valence-electron chi connectivity index (χ3n) is 6.86. The van der Waals surface area contributed by atoms with Gasteiger partial charge in [0, 0.05) is 12.2 Å². The van der Waals surface area contributed by atoms with E-state index in [1.165, 1.54) is 0 Å². The molecule has 2 atom stereocenters. The van der Waals surface area contributed by atoms with Crippen molar-refractivity contribution in [1.29, 1.82) is 5.41 Å². The third-order valence-corrected chi connectivity index (χ3v) is 6.86. The summed E-state index contributed by atoms with van der Waals surface area (Å²) in [6.07, 6.45) is 4.27. The Morgan fingerprint density at radius 2 is 1.59 bits per heavy atom. The van der Waals surface area contributed by atoms with Crippen LogP contribution in [0.4, 0.5) is 0 Å². The summed E-state index contributed by atoms with van der Waals surface area (Å²) in [7, 11) is 0. The molecule has 0 spiro atoms. The average Bonchev–Trinajstić information content (AvgIpc) is 3.23. The highest BCUT2D eigenvalue weighted by Crippen LogP contribution is 2.27. The predicted molar refractivity (Wildman–Crippen MR) is 144 cm³/mol. The van der Waals surface area contributed by atoms with E-state index in [-0.39, 0.29) is 60.7 Å². The minimum atomic E-state index is -0.383. The second-order valence-corrected chi connectivity index (χ2v) is 9.51. The number of hydrogen-bond donors (Lipinski definition) is 3. The Balaban J connectivity index is 0.00000380. The Bertz CT molecular complexity index is 1050. The number of esters is 1. The summed E-state index contributed by atoms with van der Waals surface area (Å²) in [4.78, 5) is 24.8. The van der Waals surface area contributed by atoms with Gasteiger partial charge in [0.1, 0.15) is 24.3 Å². The second kappa shape index (κ2) is 13.4. The molecule has 0 radical (unpaired) electrons. The van der Waals surface area contributed by atoms with Crippen molar-refractivity contribution in [2.45, 2.75) is 63.7 Å². The van der Waals surface area contributed by atoms with Gasteiger partial charge < -0.3 is 25.3 Å². The molecule has 1 amide bonds. The smallest absolute Gasteiger partial charge is 0.306 e. The standard InChI is InChI=1S/C28H35N3O5.ClH/c1-2-34-23-11-13-25(14-12-23)36-26(32)16-21-15-22(31-28(21)33)17-35-24-9-7-19(8-10-24)18-3-5-20(6-4-18)27(29)30;/h3-10,21-23,25H,2,11-17H2,1H3,(H3,29,30)(H,31,33);1H/t21-,22-,23?,25?;/m0./s1. The highest BCUT2D eigenvalue weighted by Gasteiger charge is 2.35. The van der Waals surface area contributed by atoms with Crippen LogP contribution >= 0.6 is 12.4 Å². The molecule has 4 N–H and O–H groups in total. The quantitative estimate of drug-likeness (QED) is 0.240. The molecule has 1 aliphatic heterocycles. The molecule has 4 rings (SSSR count). The average molecular weight is 530 g/mol. The minimum Gasteiger partial charge on any atom is -0.491 e. The van der Waals surface area contributed by atoms with Gasteiger partial charge in [-0.2, -0.15) is 0 Å². The number of halogens is 1. The summed E-state index contributed by atoms with van der Waals surface area (Å²) < 4.78 is 17.2. The minimum absolute atomic E-state index is 0. The van der Waals surface area contributed by atoms with Gasteiger partial charge in [-0.15, -0.1) is 12.4 Å². The maximum absolute atomic E-state index is 12.4. The van der Waals surface area contributed by atoms with Crippen LogP contribution < -0.4 is 15.8 Å². The number of amides is 1. The zero-order valence-corrected chi connectivity index (χ0v) is 21.9. The fraction of sp³-hybridized carbons (Fsp3) is 0.464. The van der Waals surface area contributed by atoms with Crippen LogP contribution in [-0.2, 0) is 19.1 Å². The first-order chi connectivity index (χ1) is 17.4. The summed E-state index contributed by atoms with van der Waals surface area (Å²) in [5.74, 6) is -0.0535. The molecule has 0 unspecified atom stereocenters. The largest absolute Gasteiger partial charge is 0.491 e. The van der Waals surface area contributed by atoms with Crippen molar-refractivity contribution in [2.75, 3.05) is 13.2 Å². The Kier molecular flexibility index (Phi) is 10.3. The van der Waals surface area contributed by atoms with Crippen molar-refractivity contribution in [2.24, 2.45) is 11.7 Å². The van der Waals surface area contributed by atoms with Gasteiger partial charge in [0.15, 0.2) is 0 Å². The summed E-state index contributed by atoms with van der Waals surface area (Å²) in [6, 6.07) is 15.1. The number of benzene rings is 2. The van der Waals surface area contributed by atoms with E-state index in [1.54, 1.807) is 0 Å². The summed E-state index contributed by atoms with van der Waals surface area (Å²) in [5.41, 5.74) is 8.25. The molecule has 8 nitrogen and oxygen atoms in total. The van der Waals surface area contributed by atoms with E-state index in [4.69, 9.17) is 25.4 Å². The van der Waals surface area contributed by atoms with E-state index in [1.807, 2.05) is 55.5 Å². The summed E-state index contributed by atoms with van der Waals surface area (Å²) in [6.45, 7) is 3.04. The molecule has 2 aromatic carbocycles. The highest BCUT2D eigenvalue weighted by molar-refractivity contribution is 5.95. The SMILES string of the molecule is CCOC1CCC(OC(=O)C[C@@H]2C[C@@H](COc3ccc(-c4ccc(C(=N)N)cc4)cc3)NC2=O)CC1.Cl. The normalized spacial score (nSPS) is 23.0. The topological polar surface area (TPSA) is 124 Å². The van der Waals surface area contributed by atoms with Crippen LogP contribution in [0.5, 0.6) is 5.75 Å². The fourth-order valence-corrected chi connectivity index (χ4v) is 4.88. The molecule has 2 fully saturated rings. The lowest BCUT2D eigenvalue weighted by atomic mass is 9.94. The number of carbonyl (C=O) groups is 2. The molecule has 1 saturated carbocycles. The molecular formula is C28H36ClN3O5. The molecule has 1 heterocycles. The number of carbonyl (C=O) groups excluding carboxylic acids is 2. The second-order valence-electron chi connectivity index (χ2n) is 9.51. The van der Waals surface area contributed by atoms with Crippen molar-refractivity contribution in [1.82, 2.24) is 5.32 Å². The van der Waals surface area contributed by atoms with Crippen LogP contribution in [0, 0.1) is 11.3 Å². The van der Waals surface area contributed by atoms with Crippen LogP contribution in [-0.4, -0.2) is 49.2 Å². The summed E-state index contributed by atoms with van der Waals surface area (Å²) >= 11 is 0. The Morgan fingerprint density at radius 3 is 2.19 bits per heavy atom. The van der Waals surface area contributed by atoms with E-state index in [2.05, 4.69) is 5.32 Å². The molecule has 200 valence electrons. The van der Waals surface area contributed by atoms with Crippen molar-refractivity contribution < 1.29 is 23.8 Å². The molecule has 2 aliphatic rings. The maximum atomic E-state index is 12.4. The van der Waals surface area contributed by atoms with Crippen LogP contribution in [0.25, 0.3) is 11.1 Å². The van der Waals surface area contributed by atoms with Gasteiger partial charge in [0.05, 0.1) is 24.5 Å². The molecule has 37 heavy (non-hydrogen) atoms. The lowest BCUT2D eigenvalue weighted by Crippen LogP contribution is -2.31. The van der Waals surface area contributed by atoms with Crippen molar-refractivity contribution >= 4 is 30.1 Å². The van der Waals surface area contributed by atoms with E-state index in [0.29, 0.717) is 30.9 Å². The number of ether oxygens (including phenoxy) is 3. The zero-order chi connectivity index (χ0) is 25.5. The van der Waals surface area contributed by atoms with Crippen LogP contribution in [0.2, 0.25) is 0 Å². The molecule has 0 bridgehead atoms. The van der Waals surface area contributed by atoms with Crippen LogP contribution in [0.15, 0.2) is 48.5 Å². The van der Waals surface area contributed by atoms with Crippen molar-refractivity contribution in [3.63, 3.8) is 0 Å². The van der Waals surface area contributed by atoms with Crippen LogP contribution in [0.3, 0.4) is 0 Å². The first kappa shape index (κ1) is 28.5. The van der Waals surface area contributed by atoms with Gasteiger partial charge in [0.25, 0.3) is 0 Å². The number of rotatable bonds is 10. The van der Waals surface area contributed by atoms with Gasteiger partial charge in [-0.3, -0.25) is 15.0 Å². The molecule has 1 aliphatic carbocycles. The van der Waals surface area contributed by atoms with Crippen molar-refractivity contribution in [3.8, 4) is 16.9 Å². The number of nitrogens with one attached hydrogen (secondary N) is 2. The van der Waals surface area contributed by atoms with Crippen LogP contribution in [0.1, 0.15) is 51.0 Å². The third kappa shape index (κ3) is 7.94. The predicted octanol–water partition coefficient (Wildman–Crippen LogP) is 4.22. The zero-order valence-electron chi connectivity index (χ0n) is 21.1. The van der Waals surface area contributed by atoms with Crippen molar-refractivity contribution in [3.05, 3.63) is 54.1 Å². The summed E-state index contributed by atoms with van der Waals surface area (Å²) in [5, 5.41) is 10.4. The number of hydrogen-bond acceptors (Lipinski definition) is 6. The van der Waals surface area contributed by atoms with E-state index in [0.717, 1.165) is 36.8 Å². The van der Waals surface area contributed by atoms with Gasteiger partial charge >= 0.3 is 5.97 Å². The van der Waals surface area contributed by atoms with E-state index >= 15 is 0 Å². The molecular weight excluding hydrogens is 494 g/mol. The Hall–Kier alpha value is -3.10. The lowest BCUT2D eigenvalue weighted by Gasteiger charge is -2.28. The van der Waals surface area contributed by atoms with Gasteiger partial charge in [-0.25, -0.2) is 0 Å². The van der Waals surface area contributed by atoms with Gasteiger partial charge in [-0.05, 0) is 62.3 Å². The number of nitrogen functional groups attached to an aromatic ring is 1. The maximum Gasteiger partial charge on any atom is 0.306 e. The molecule has 0 aromatic heterocycles. The Labute approximate surface area is 224 Å². The highest BCUT2D eigenvalue weighted by atomic mass is 35.5.